The molecular weight excluding hydrogens is 178 g/mol. The summed E-state index contributed by atoms with van der Waals surface area (Å²) >= 11 is 0. The highest BCUT2D eigenvalue weighted by atomic mass is 15.4. The van der Waals surface area contributed by atoms with Crippen LogP contribution in [0.5, 0.6) is 0 Å². The zero-order valence-electron chi connectivity index (χ0n) is 7.93. The van der Waals surface area contributed by atoms with Crippen LogP contribution in [0.1, 0.15) is 18.7 Å². The molecule has 2 heterocycles. The Balaban J connectivity index is 2.17. The molecular formula is C9H13N5. The quantitative estimate of drug-likeness (QED) is 0.710. The van der Waals surface area contributed by atoms with Gasteiger partial charge in [0.05, 0.1) is 0 Å². The lowest BCUT2D eigenvalue weighted by Gasteiger charge is -1.96. The number of nitrogens with two attached hydrogens (primary N) is 1. The topological polar surface area (TPSA) is 69.1 Å². The smallest absolute Gasteiger partial charge is 0.177 e. The van der Waals surface area contributed by atoms with Gasteiger partial charge in [0.2, 0.25) is 0 Å². The highest BCUT2D eigenvalue weighted by Gasteiger charge is 2.04. The van der Waals surface area contributed by atoms with Crippen LogP contribution in [0.25, 0.3) is 5.65 Å². The van der Waals surface area contributed by atoms with Gasteiger partial charge in [0.25, 0.3) is 0 Å². The molecule has 0 unspecified atom stereocenters. The van der Waals surface area contributed by atoms with Crippen molar-refractivity contribution in [2.75, 3.05) is 6.54 Å². The predicted molar refractivity (Wildman–Crippen MR) is 52.8 cm³/mol. The molecule has 0 amide bonds. The summed E-state index contributed by atoms with van der Waals surface area (Å²) < 4.78 is 1.77. The standard InChI is InChI=1S/C9H13N5/c10-6-2-1-4-8-12-13-9-5-3-7-11-14(8)9/h3,5,7H,1-2,4,6,10H2. The van der Waals surface area contributed by atoms with E-state index in [0.29, 0.717) is 0 Å². The molecule has 0 radical (unpaired) electrons. The van der Waals surface area contributed by atoms with Crippen molar-refractivity contribution in [3.63, 3.8) is 0 Å². The van der Waals surface area contributed by atoms with Gasteiger partial charge in [-0.3, -0.25) is 0 Å². The fourth-order valence-electron chi connectivity index (χ4n) is 1.37. The van der Waals surface area contributed by atoms with Gasteiger partial charge < -0.3 is 5.73 Å². The van der Waals surface area contributed by atoms with Gasteiger partial charge in [-0.1, -0.05) is 0 Å². The second kappa shape index (κ2) is 4.15. The average molecular weight is 191 g/mol. The fraction of sp³-hybridized carbons (Fsp3) is 0.444. The van der Waals surface area contributed by atoms with E-state index in [0.717, 1.165) is 37.3 Å². The molecule has 0 bridgehead atoms. The van der Waals surface area contributed by atoms with Crippen LogP contribution in [0.3, 0.4) is 0 Å². The SMILES string of the molecule is NCCCCc1nnc2cccnn12. The molecule has 2 aromatic rings. The molecule has 2 rings (SSSR count). The van der Waals surface area contributed by atoms with Crippen molar-refractivity contribution in [1.82, 2.24) is 19.8 Å². The fourth-order valence-corrected chi connectivity index (χ4v) is 1.37. The Hall–Kier alpha value is -1.49. The molecule has 0 saturated heterocycles. The lowest BCUT2D eigenvalue weighted by molar-refractivity contribution is 0.693. The van der Waals surface area contributed by atoms with Crippen molar-refractivity contribution >= 4 is 5.65 Å². The van der Waals surface area contributed by atoms with Crippen molar-refractivity contribution < 1.29 is 0 Å². The molecule has 0 aliphatic rings. The Morgan fingerprint density at radius 1 is 1.29 bits per heavy atom. The first-order valence-corrected chi connectivity index (χ1v) is 4.77. The van der Waals surface area contributed by atoms with E-state index in [4.69, 9.17) is 5.73 Å². The molecule has 0 aliphatic carbocycles. The molecule has 5 heteroatoms. The van der Waals surface area contributed by atoms with Gasteiger partial charge in [0, 0.05) is 12.6 Å². The van der Waals surface area contributed by atoms with E-state index in [9.17, 15) is 0 Å². The van der Waals surface area contributed by atoms with Crippen molar-refractivity contribution in [2.24, 2.45) is 5.73 Å². The average Bonchev–Trinajstić information content (AvgIpc) is 2.63. The Labute approximate surface area is 81.9 Å². The number of fused-ring (bicyclic) bond motifs is 1. The molecule has 14 heavy (non-hydrogen) atoms. The van der Waals surface area contributed by atoms with Crippen LogP contribution < -0.4 is 5.73 Å². The summed E-state index contributed by atoms with van der Waals surface area (Å²) in [4.78, 5) is 0. The van der Waals surface area contributed by atoms with E-state index in [-0.39, 0.29) is 0 Å². The van der Waals surface area contributed by atoms with E-state index >= 15 is 0 Å². The Morgan fingerprint density at radius 3 is 3.07 bits per heavy atom. The Morgan fingerprint density at radius 2 is 2.21 bits per heavy atom. The van der Waals surface area contributed by atoms with Gasteiger partial charge in [-0.25, -0.2) is 0 Å². The third kappa shape index (κ3) is 1.72. The van der Waals surface area contributed by atoms with Gasteiger partial charge in [-0.15, -0.1) is 10.2 Å². The molecule has 0 aliphatic heterocycles. The number of unbranched alkanes of at least 4 members (excludes halogenated alkanes) is 1. The first-order valence-electron chi connectivity index (χ1n) is 4.77. The van der Waals surface area contributed by atoms with Gasteiger partial charge in [0.1, 0.15) is 0 Å². The summed E-state index contributed by atoms with van der Waals surface area (Å²) in [5.41, 5.74) is 6.22. The van der Waals surface area contributed by atoms with E-state index in [1.165, 1.54) is 0 Å². The van der Waals surface area contributed by atoms with Crippen molar-refractivity contribution in [3.05, 3.63) is 24.2 Å². The Bertz CT molecular complexity index is 408. The molecule has 0 spiro atoms. The minimum absolute atomic E-state index is 0.726. The first-order chi connectivity index (χ1) is 6.92. The van der Waals surface area contributed by atoms with Crippen LogP contribution in [-0.4, -0.2) is 26.4 Å². The first kappa shape index (κ1) is 9.08. The number of rotatable bonds is 4. The maximum atomic E-state index is 5.42. The monoisotopic (exact) mass is 191 g/mol. The second-order valence-corrected chi connectivity index (χ2v) is 3.16. The number of hydrogen-bond donors (Lipinski definition) is 1. The largest absolute Gasteiger partial charge is 0.330 e. The van der Waals surface area contributed by atoms with Crippen LogP contribution in [0.15, 0.2) is 18.3 Å². The molecule has 2 aromatic heterocycles. The van der Waals surface area contributed by atoms with E-state index in [1.54, 1.807) is 10.7 Å². The van der Waals surface area contributed by atoms with Gasteiger partial charge in [0.15, 0.2) is 11.5 Å². The molecule has 0 aromatic carbocycles. The lowest BCUT2D eigenvalue weighted by atomic mass is 10.2. The van der Waals surface area contributed by atoms with E-state index in [1.807, 2.05) is 12.1 Å². The molecule has 0 saturated carbocycles. The normalized spacial score (nSPS) is 10.9. The summed E-state index contributed by atoms with van der Waals surface area (Å²) in [5.74, 6) is 0.911. The lowest BCUT2D eigenvalue weighted by Crippen LogP contribution is -2.02. The third-order valence-electron chi connectivity index (χ3n) is 2.10. The van der Waals surface area contributed by atoms with E-state index < -0.39 is 0 Å². The van der Waals surface area contributed by atoms with Crippen LogP contribution in [-0.2, 0) is 6.42 Å². The number of nitrogens with zero attached hydrogens (tertiary/aromatic N) is 4. The van der Waals surface area contributed by atoms with Gasteiger partial charge in [-0.2, -0.15) is 9.61 Å². The summed E-state index contributed by atoms with van der Waals surface area (Å²) in [6.07, 6.45) is 4.67. The zero-order chi connectivity index (χ0) is 9.80. The Kier molecular flexibility index (Phi) is 2.69. The number of aromatic nitrogens is 4. The molecule has 74 valence electrons. The number of aryl methyl sites for hydroxylation is 1. The summed E-state index contributed by atoms with van der Waals surface area (Å²) in [7, 11) is 0. The van der Waals surface area contributed by atoms with Crippen LogP contribution in [0, 0.1) is 0 Å². The maximum absolute atomic E-state index is 5.42. The number of hydrogen-bond acceptors (Lipinski definition) is 4. The molecule has 5 nitrogen and oxygen atoms in total. The van der Waals surface area contributed by atoms with Crippen LogP contribution in [0.2, 0.25) is 0 Å². The van der Waals surface area contributed by atoms with Crippen molar-refractivity contribution in [3.8, 4) is 0 Å². The highest BCUT2D eigenvalue weighted by molar-refractivity contribution is 5.34. The van der Waals surface area contributed by atoms with Crippen molar-refractivity contribution in [2.45, 2.75) is 19.3 Å². The predicted octanol–water partition coefficient (Wildman–Crippen LogP) is 0.406. The van der Waals surface area contributed by atoms with Gasteiger partial charge >= 0.3 is 0 Å². The second-order valence-electron chi connectivity index (χ2n) is 3.16. The molecule has 0 fully saturated rings. The summed E-state index contributed by atoms with van der Waals surface area (Å²) in [6.45, 7) is 0.726. The van der Waals surface area contributed by atoms with Crippen molar-refractivity contribution in [1.29, 1.82) is 0 Å². The summed E-state index contributed by atoms with van der Waals surface area (Å²) in [5, 5.41) is 12.3. The van der Waals surface area contributed by atoms with E-state index in [2.05, 4.69) is 15.3 Å². The summed E-state index contributed by atoms with van der Waals surface area (Å²) in [6, 6.07) is 3.75. The highest BCUT2D eigenvalue weighted by Crippen LogP contribution is 2.03. The minimum Gasteiger partial charge on any atom is -0.330 e. The third-order valence-corrected chi connectivity index (χ3v) is 2.10. The van der Waals surface area contributed by atoms with Gasteiger partial charge in [-0.05, 0) is 31.5 Å². The molecule has 2 N–H and O–H groups in total. The minimum atomic E-state index is 0.726. The van der Waals surface area contributed by atoms with Crippen LogP contribution >= 0.6 is 0 Å². The molecule has 0 atom stereocenters. The van der Waals surface area contributed by atoms with Crippen LogP contribution in [0.4, 0.5) is 0 Å². The maximum Gasteiger partial charge on any atom is 0.177 e. The zero-order valence-corrected chi connectivity index (χ0v) is 7.93.